The van der Waals surface area contributed by atoms with Crippen LogP contribution < -0.4 is 0 Å². The summed E-state index contributed by atoms with van der Waals surface area (Å²) in [5, 5.41) is 9.47. The Morgan fingerprint density at radius 2 is 2.00 bits per heavy atom. The summed E-state index contributed by atoms with van der Waals surface area (Å²) < 4.78 is 3.40. The third-order valence-electron chi connectivity index (χ3n) is 1.07. The maximum atomic E-state index is 11.1. The van der Waals surface area contributed by atoms with Crippen molar-refractivity contribution in [2.45, 2.75) is 9.07 Å². The van der Waals surface area contributed by atoms with Gasteiger partial charge in [-0.15, -0.1) is 0 Å². The van der Waals surface area contributed by atoms with Crippen molar-refractivity contribution in [3.05, 3.63) is 22.9 Å². The summed E-state index contributed by atoms with van der Waals surface area (Å²) in [6.45, 7) is 8.48. The number of carbonyl (C=O) groups excluding carboxylic acids is 1. The molecule has 0 saturated carbocycles. The number of nitrogens with zero attached hydrogens (tertiary/aromatic N) is 1. The zero-order valence-corrected chi connectivity index (χ0v) is 13.1. The zero-order valence-electron chi connectivity index (χ0n) is 7.35. The SMILES string of the molecule is [C-]#[N+]/C(C(=O)OCC)=C(/O)C(Br)(Br)Br.[Cu]. The molecule has 1 N–H and O–H groups in total. The molecule has 8 heteroatoms. The molecule has 4 nitrogen and oxygen atoms in total. The van der Waals surface area contributed by atoms with E-state index in [-0.39, 0.29) is 23.7 Å². The molecule has 0 unspecified atom stereocenters. The normalized spacial score (nSPS) is 11.9. The summed E-state index contributed by atoms with van der Waals surface area (Å²) in [6.07, 6.45) is 0. The van der Waals surface area contributed by atoms with Gasteiger partial charge in [-0.05, 0) is 6.92 Å². The van der Waals surface area contributed by atoms with E-state index in [4.69, 9.17) is 6.57 Å². The first-order valence-electron chi connectivity index (χ1n) is 3.39. The van der Waals surface area contributed by atoms with Gasteiger partial charge in [-0.3, -0.25) is 4.79 Å². The second kappa shape index (κ2) is 7.69. The molecule has 0 heterocycles. The molecule has 0 spiro atoms. The minimum atomic E-state index is -1.18. The van der Waals surface area contributed by atoms with Crippen LogP contribution in [0.2, 0.25) is 0 Å². The summed E-state index contributed by atoms with van der Waals surface area (Å²) in [4.78, 5) is 14.0. The molecule has 1 radical (unpaired) electrons. The number of aliphatic hydroxyl groups excluding tert-OH is 1. The fourth-order valence-electron chi connectivity index (χ4n) is 0.529. The average molecular weight is 455 g/mol. The van der Waals surface area contributed by atoms with Crippen LogP contribution in [0.1, 0.15) is 6.92 Å². The van der Waals surface area contributed by atoms with Crippen LogP contribution >= 0.6 is 47.8 Å². The molecule has 0 fully saturated rings. The van der Waals surface area contributed by atoms with E-state index in [9.17, 15) is 9.90 Å². The second-order valence-corrected chi connectivity index (χ2v) is 8.79. The van der Waals surface area contributed by atoms with E-state index in [0.717, 1.165) is 0 Å². The van der Waals surface area contributed by atoms with Gasteiger partial charge in [-0.25, -0.2) is 4.85 Å². The number of rotatable bonds is 2. The standard InChI is InChI=1S/C7H6Br3NO3.Cu/c1-3-14-6(13)4(11-2)5(12)7(8,9)10;/h12H,3H2,1H3;/b5-4+;. The molecule has 15 heavy (non-hydrogen) atoms. The van der Waals surface area contributed by atoms with Gasteiger partial charge in [0.25, 0.3) is 0 Å². The van der Waals surface area contributed by atoms with E-state index in [1.807, 2.05) is 0 Å². The number of allylic oxidation sites excluding steroid dienone is 1. The number of hydrogen-bond donors (Lipinski definition) is 1. The number of ether oxygens (including phenoxy) is 1. The van der Waals surface area contributed by atoms with Gasteiger partial charge in [0, 0.05) is 17.1 Å². The topological polar surface area (TPSA) is 50.9 Å². The maximum Gasteiger partial charge on any atom is 0.339 e. The molecule has 0 aliphatic carbocycles. The molecule has 0 aliphatic heterocycles. The van der Waals surface area contributed by atoms with Crippen LogP contribution in [0.5, 0.6) is 0 Å². The molecule has 0 aromatic rings. The number of aliphatic hydroxyl groups is 1. The summed E-state index contributed by atoms with van der Waals surface area (Å²) in [5.41, 5.74) is -0.475. The summed E-state index contributed by atoms with van der Waals surface area (Å²) >= 11 is 8.94. The van der Waals surface area contributed by atoms with Gasteiger partial charge < -0.3 is 9.84 Å². The van der Waals surface area contributed by atoms with Gasteiger partial charge in [0.05, 0.1) is 13.2 Å². The Morgan fingerprint density at radius 1 is 1.53 bits per heavy atom. The van der Waals surface area contributed by atoms with Gasteiger partial charge in [-0.1, -0.05) is 47.8 Å². The van der Waals surface area contributed by atoms with Crippen molar-refractivity contribution in [3.63, 3.8) is 0 Å². The smallest absolute Gasteiger partial charge is 0.339 e. The number of esters is 1. The van der Waals surface area contributed by atoms with E-state index in [0.29, 0.717) is 0 Å². The average Bonchev–Trinajstić information content (AvgIpc) is 2.04. The van der Waals surface area contributed by atoms with Gasteiger partial charge in [0.15, 0.2) is 2.14 Å². The van der Waals surface area contributed by atoms with Crippen LogP contribution in [0.25, 0.3) is 4.85 Å². The molecule has 0 atom stereocenters. The predicted molar refractivity (Wildman–Crippen MR) is 62.4 cm³/mol. The third-order valence-corrected chi connectivity index (χ3v) is 2.20. The van der Waals surface area contributed by atoms with Gasteiger partial charge in [0.2, 0.25) is 0 Å². The van der Waals surface area contributed by atoms with Crippen LogP contribution in [0.15, 0.2) is 11.5 Å². The molecule has 0 bridgehead atoms. The number of alkyl halides is 3. The summed E-state index contributed by atoms with van der Waals surface area (Å²) in [7, 11) is 0. The maximum absolute atomic E-state index is 11.1. The van der Waals surface area contributed by atoms with Crippen molar-refractivity contribution < 1.29 is 31.7 Å². The second-order valence-electron chi connectivity index (χ2n) is 2.03. The Labute approximate surface area is 123 Å². The molecule has 0 aliphatic rings. The van der Waals surface area contributed by atoms with Gasteiger partial charge >= 0.3 is 11.7 Å². The van der Waals surface area contributed by atoms with E-state index in [1.165, 1.54) is 0 Å². The quantitative estimate of drug-likeness (QED) is 0.174. The van der Waals surface area contributed by atoms with Gasteiger partial charge in [0.1, 0.15) is 5.76 Å². The largest absolute Gasteiger partial charge is 0.520 e. The molecule has 0 aromatic heterocycles. The van der Waals surface area contributed by atoms with Crippen LogP contribution in [0, 0.1) is 6.57 Å². The van der Waals surface area contributed by atoms with E-state index in [2.05, 4.69) is 57.4 Å². The fourth-order valence-corrected chi connectivity index (χ4v) is 1.09. The first-order valence-corrected chi connectivity index (χ1v) is 5.77. The van der Waals surface area contributed by atoms with Gasteiger partial charge in [-0.2, -0.15) is 0 Å². The Morgan fingerprint density at radius 3 is 2.27 bits per heavy atom. The Bertz CT molecular complexity index is 306. The molecule has 0 rings (SSSR count). The fraction of sp³-hybridized carbons (Fsp3) is 0.429. The van der Waals surface area contributed by atoms with Crippen LogP contribution in [0.4, 0.5) is 0 Å². The first-order chi connectivity index (χ1) is 6.34. The molecule has 0 amide bonds. The van der Waals surface area contributed by atoms with Crippen LogP contribution in [0.3, 0.4) is 0 Å². The predicted octanol–water partition coefficient (Wildman–Crippen LogP) is 3.07. The molecular weight excluding hydrogens is 449 g/mol. The number of carbonyl (C=O) groups is 1. The van der Waals surface area contributed by atoms with E-state index >= 15 is 0 Å². The minimum absolute atomic E-state index is 0. The molecule has 89 valence electrons. The Kier molecular flexibility index (Phi) is 9.14. The summed E-state index contributed by atoms with van der Waals surface area (Å²) in [5.74, 6) is -1.34. The molecule has 0 aromatic carbocycles. The number of hydrogen-bond acceptors (Lipinski definition) is 3. The van der Waals surface area contributed by atoms with Crippen LogP contribution in [-0.4, -0.2) is 19.8 Å². The number of halogens is 3. The summed E-state index contributed by atoms with van der Waals surface area (Å²) in [6, 6.07) is 0. The van der Waals surface area contributed by atoms with Crippen molar-refractivity contribution in [3.8, 4) is 0 Å². The first kappa shape index (κ1) is 17.8. The van der Waals surface area contributed by atoms with Crippen molar-refractivity contribution in [2.75, 3.05) is 6.61 Å². The van der Waals surface area contributed by atoms with Crippen LogP contribution in [-0.2, 0) is 26.6 Å². The van der Waals surface area contributed by atoms with E-state index < -0.39 is 19.6 Å². The minimum Gasteiger partial charge on any atom is -0.520 e. The monoisotopic (exact) mass is 452 g/mol. The van der Waals surface area contributed by atoms with Crippen molar-refractivity contribution in [1.82, 2.24) is 0 Å². The third kappa shape index (κ3) is 5.93. The molecule has 0 saturated heterocycles. The Balaban J connectivity index is 0. The Hall–Kier alpha value is 0.459. The van der Waals surface area contributed by atoms with E-state index in [1.54, 1.807) is 6.92 Å². The zero-order chi connectivity index (χ0) is 11.4. The van der Waals surface area contributed by atoms with Crippen molar-refractivity contribution >= 4 is 53.8 Å². The van der Waals surface area contributed by atoms with Crippen molar-refractivity contribution in [2.24, 2.45) is 0 Å². The van der Waals surface area contributed by atoms with Crippen molar-refractivity contribution in [1.29, 1.82) is 0 Å². The molecular formula is C7H6Br3CuNO3.